The maximum absolute atomic E-state index is 11.9. The van der Waals surface area contributed by atoms with Crippen LogP contribution < -0.4 is 21.7 Å². The molecule has 0 radical (unpaired) electrons. The van der Waals surface area contributed by atoms with E-state index in [1.165, 1.54) is 0 Å². The largest absolute Gasteiger partial charge is 0.446 e. The molecule has 53 heavy (non-hydrogen) atoms. The second-order valence-corrected chi connectivity index (χ2v) is 13.2. The molecule has 5 N–H and O–H groups in total. The Bertz CT molecular complexity index is 1700. The zero-order valence-electron chi connectivity index (χ0n) is 30.6. The molecule has 6 rings (SSSR count). The minimum absolute atomic E-state index is 0. The van der Waals surface area contributed by atoms with Crippen molar-refractivity contribution >= 4 is 89.3 Å². The predicted molar refractivity (Wildman–Crippen MR) is 222 cm³/mol. The topological polar surface area (TPSA) is 166 Å². The molecule has 0 aromatic carbocycles. The number of halogens is 3. The van der Waals surface area contributed by atoms with Gasteiger partial charge in [0.1, 0.15) is 17.2 Å². The van der Waals surface area contributed by atoms with Crippen molar-refractivity contribution in [2.45, 2.75) is 122 Å². The number of nitrogens with one attached hydrogen (secondary N) is 3. The predicted octanol–water partition coefficient (Wildman–Crippen LogP) is 5.93. The summed E-state index contributed by atoms with van der Waals surface area (Å²) in [5.41, 5.74) is 9.36. The smallest absolute Gasteiger partial charge is 0.444 e. The van der Waals surface area contributed by atoms with Gasteiger partial charge in [-0.1, -0.05) is 13.8 Å². The van der Waals surface area contributed by atoms with Gasteiger partial charge in [-0.15, -0.1) is 0 Å². The van der Waals surface area contributed by atoms with E-state index in [1.54, 1.807) is 12.4 Å². The van der Waals surface area contributed by atoms with Crippen LogP contribution in [0.25, 0.3) is 11.3 Å². The molecule has 4 atom stereocenters. The summed E-state index contributed by atoms with van der Waals surface area (Å²) >= 11 is 0. The number of ether oxygens (including phenoxy) is 1. The van der Waals surface area contributed by atoms with Gasteiger partial charge in [-0.3, -0.25) is 4.79 Å². The van der Waals surface area contributed by atoms with Crippen molar-refractivity contribution in [3.63, 3.8) is 0 Å². The summed E-state index contributed by atoms with van der Waals surface area (Å²) in [7, 11) is 0. The van der Waals surface area contributed by atoms with Gasteiger partial charge in [-0.25, -0.2) is 14.8 Å². The molecule has 13 nitrogen and oxygen atoms in total. The fourth-order valence-electron chi connectivity index (χ4n) is 5.78. The van der Waals surface area contributed by atoms with Crippen molar-refractivity contribution in [3.05, 3.63) is 48.0 Å². The van der Waals surface area contributed by atoms with Crippen LogP contribution in [0.2, 0.25) is 0 Å². The lowest BCUT2D eigenvalue weighted by Gasteiger charge is -2.22. The molecule has 2 aliphatic carbocycles. The number of amides is 1. The molecule has 0 spiro atoms. The first-order chi connectivity index (χ1) is 23.2. The highest BCUT2D eigenvalue weighted by Gasteiger charge is 2.28. The number of rotatable bonds is 7. The Hall–Kier alpha value is -3.07. The zero-order valence-corrected chi connectivity index (χ0v) is 34.6. The van der Waals surface area contributed by atoms with Crippen molar-refractivity contribution in [3.8, 4) is 0 Å². The molecule has 0 bridgehead atoms. The molecule has 0 unspecified atom stereocenters. The number of anilines is 2. The van der Waals surface area contributed by atoms with Crippen molar-refractivity contribution in [1.29, 1.82) is 0 Å². The Balaban J connectivity index is 0.000000854. The first kappa shape index (κ1) is 49.9. The Morgan fingerprint density at radius 3 is 1.66 bits per heavy atom. The maximum atomic E-state index is 11.9. The summed E-state index contributed by atoms with van der Waals surface area (Å²) in [6.45, 7) is 9.82. The number of aromatic nitrogens is 6. The van der Waals surface area contributed by atoms with Crippen LogP contribution in [0.1, 0.15) is 84.5 Å². The molecular weight excluding hydrogens is 770 g/mol. The van der Waals surface area contributed by atoms with Gasteiger partial charge < -0.3 is 26.4 Å². The number of nitrogens with zero attached hydrogens (tertiary/aromatic N) is 6. The zero-order chi connectivity index (χ0) is 35.8. The molecule has 2 saturated carbocycles. The fraction of sp³-hybridized carbons (Fsp3) is 0.576. The van der Waals surface area contributed by atoms with Crippen LogP contribution in [0.15, 0.2) is 36.7 Å². The second kappa shape index (κ2) is 22.3. The molecular formula is C33H55F3N10O3S4. The third-order valence-electron chi connectivity index (χ3n) is 8.01. The van der Waals surface area contributed by atoms with Gasteiger partial charge in [0.2, 0.25) is 6.29 Å². The van der Waals surface area contributed by atoms with Gasteiger partial charge >= 0.3 is 12.3 Å². The lowest BCUT2D eigenvalue weighted by molar-refractivity contribution is -0.156. The Morgan fingerprint density at radius 1 is 0.830 bits per heavy atom. The summed E-state index contributed by atoms with van der Waals surface area (Å²) in [6.07, 6.45) is 5.37. The van der Waals surface area contributed by atoms with Crippen LogP contribution in [0, 0.1) is 0 Å². The summed E-state index contributed by atoms with van der Waals surface area (Å²) in [6, 6.07) is 9.20. The summed E-state index contributed by atoms with van der Waals surface area (Å²) < 4.78 is 40.3. The SMILES string of the molecule is CCc1cc(N[C@H]2CC[C@H](N)C2)n2nccc2n1.CCc1cc(N[C@H]2CC[C@H](NC(=O)OC(C)(C)C)C2)n2nccc2n1.O=CC(F)(F)F.S.S.S.S. The first-order valence-corrected chi connectivity index (χ1v) is 16.6. The normalized spacial score (nSPS) is 19.0. The lowest BCUT2D eigenvalue weighted by Crippen LogP contribution is -2.38. The van der Waals surface area contributed by atoms with Crippen molar-refractivity contribution in [1.82, 2.24) is 34.5 Å². The number of aryl methyl sites for hydroxylation is 2. The number of alkyl carbamates (subject to hydrolysis) is 1. The molecule has 300 valence electrons. The van der Waals surface area contributed by atoms with Crippen LogP contribution in [-0.2, 0) is 22.4 Å². The number of alkyl halides is 3. The average Bonchev–Trinajstić information content (AvgIpc) is 3.85. The van der Waals surface area contributed by atoms with E-state index in [2.05, 4.69) is 62.1 Å². The molecule has 2 fully saturated rings. The second-order valence-electron chi connectivity index (χ2n) is 13.2. The molecule has 4 aromatic rings. The number of hydrogen-bond acceptors (Lipinski definition) is 10. The monoisotopic (exact) mass is 824 g/mol. The number of fused-ring (bicyclic) bond motifs is 2. The Kier molecular flexibility index (Phi) is 21.0. The Labute approximate surface area is 336 Å². The average molecular weight is 825 g/mol. The Morgan fingerprint density at radius 2 is 1.26 bits per heavy atom. The highest BCUT2D eigenvalue weighted by molar-refractivity contribution is 7.59. The van der Waals surface area contributed by atoms with E-state index in [-0.39, 0.29) is 66.1 Å². The van der Waals surface area contributed by atoms with Crippen molar-refractivity contribution < 1.29 is 27.5 Å². The van der Waals surface area contributed by atoms with Gasteiger partial charge in [-0.2, -0.15) is 86.4 Å². The van der Waals surface area contributed by atoms with Crippen LogP contribution in [0.5, 0.6) is 0 Å². The van der Waals surface area contributed by atoms with E-state index >= 15 is 0 Å². The molecule has 0 saturated heterocycles. The highest BCUT2D eigenvalue weighted by Crippen LogP contribution is 2.25. The number of aldehydes is 1. The third-order valence-corrected chi connectivity index (χ3v) is 8.01. The van der Waals surface area contributed by atoms with E-state index < -0.39 is 18.1 Å². The van der Waals surface area contributed by atoms with E-state index in [0.29, 0.717) is 18.1 Å². The minimum atomic E-state index is -4.64. The van der Waals surface area contributed by atoms with Crippen LogP contribution in [-0.4, -0.2) is 77.5 Å². The molecule has 4 aromatic heterocycles. The van der Waals surface area contributed by atoms with Crippen LogP contribution in [0.3, 0.4) is 0 Å². The number of carbonyl (C=O) groups excluding carboxylic acids is 2. The van der Waals surface area contributed by atoms with Gasteiger partial charge in [0.25, 0.3) is 0 Å². The fourth-order valence-corrected chi connectivity index (χ4v) is 5.78. The molecule has 2 aliphatic rings. The first-order valence-electron chi connectivity index (χ1n) is 16.6. The van der Waals surface area contributed by atoms with Gasteiger partial charge in [0.05, 0.1) is 12.4 Å². The van der Waals surface area contributed by atoms with E-state index in [4.69, 9.17) is 15.3 Å². The molecule has 0 aliphatic heterocycles. The van der Waals surface area contributed by atoms with Gasteiger partial charge in [0, 0.05) is 59.8 Å². The van der Waals surface area contributed by atoms with Gasteiger partial charge in [0.15, 0.2) is 11.3 Å². The highest BCUT2D eigenvalue weighted by atomic mass is 32.1. The van der Waals surface area contributed by atoms with Gasteiger partial charge in [-0.05, 0) is 72.1 Å². The quantitative estimate of drug-likeness (QED) is 0.164. The van der Waals surface area contributed by atoms with E-state index in [1.807, 2.05) is 41.9 Å². The van der Waals surface area contributed by atoms with E-state index in [9.17, 15) is 18.0 Å². The minimum Gasteiger partial charge on any atom is -0.444 e. The molecule has 1 amide bonds. The lowest BCUT2D eigenvalue weighted by atomic mass is 10.2. The van der Waals surface area contributed by atoms with Crippen molar-refractivity contribution in [2.75, 3.05) is 10.6 Å². The number of nitrogens with two attached hydrogens (primary N) is 1. The summed E-state index contributed by atoms with van der Waals surface area (Å²) in [5.74, 6) is 1.98. The van der Waals surface area contributed by atoms with Crippen LogP contribution >= 0.6 is 54.0 Å². The molecule has 4 heterocycles. The van der Waals surface area contributed by atoms with Crippen molar-refractivity contribution in [2.24, 2.45) is 5.73 Å². The van der Waals surface area contributed by atoms with E-state index in [0.717, 1.165) is 85.7 Å². The number of carbonyl (C=O) groups is 2. The summed E-state index contributed by atoms with van der Waals surface area (Å²) in [4.78, 5) is 29.7. The standard InChI is InChI=1S/C18H27N5O2.C13H19N5.C2HF3O.4H2S/c1-5-12-11-16(23-15(20-12)8-9-19-23)21-13-6-7-14(10-13)22-17(24)25-18(2,3)4;1-2-10-8-13(17-11-4-3-9(14)7-11)18-12(16-10)5-6-15-18;3-2(4,5)1-6;;;;/h8-9,11,13-14,21H,5-7,10H2,1-4H3,(H,22,24);5-6,8-9,11,17H,2-4,7,14H2,1H3;1H;4*1H2/t13-,14-;9-,11-;;;;;/m00...../s1. The maximum Gasteiger partial charge on any atom is 0.446 e. The van der Waals surface area contributed by atoms with Crippen LogP contribution in [0.4, 0.5) is 29.6 Å². The summed E-state index contributed by atoms with van der Waals surface area (Å²) in [5, 5.41) is 18.8. The number of hydrogen-bond donors (Lipinski definition) is 4. The molecule has 20 heteroatoms. The third kappa shape index (κ3) is 15.7.